The molecule has 7 unspecified atom stereocenters. The lowest BCUT2D eigenvalue weighted by Gasteiger charge is -2.66. The summed E-state index contributed by atoms with van der Waals surface area (Å²) in [4.78, 5) is 11.9. The highest BCUT2D eigenvalue weighted by Gasteiger charge is 2.70. The Balaban J connectivity index is 0.000000529. The van der Waals surface area contributed by atoms with E-state index >= 15 is 0 Å². The van der Waals surface area contributed by atoms with Gasteiger partial charge in [-0.15, -0.1) is 0 Å². The molecule has 2 heteroatoms. The van der Waals surface area contributed by atoms with Gasteiger partial charge < -0.3 is 5.11 Å². The van der Waals surface area contributed by atoms with E-state index in [4.69, 9.17) is 0 Å². The molecule has 0 aliphatic heterocycles. The number of hydrogen-bond donors (Lipinski definition) is 1. The number of fused-ring (bicyclic) bond motifs is 4. The normalized spacial score (nSPS) is 50.5. The first-order valence-corrected chi connectivity index (χ1v) is 12.1. The first kappa shape index (κ1) is 23.9. The van der Waals surface area contributed by atoms with Crippen LogP contribution >= 0.6 is 0 Å². The summed E-state index contributed by atoms with van der Waals surface area (Å²) in [5, 5.41) is 10.6. The largest absolute Gasteiger partial charge is 0.390 e. The third-order valence-electron chi connectivity index (χ3n) is 9.64. The van der Waals surface area contributed by atoms with Gasteiger partial charge in [-0.3, -0.25) is 4.79 Å². The number of aliphatic hydroxyl groups is 1. The molecule has 0 saturated heterocycles. The standard InChI is InChI=1S/C21H32O2.2C2H6.CH4/c1-19-9-7-14(22)11-13(19)3-4-15-16(19)8-10-21-12-20(2,23)18(21)6-5-17(15)21;2*1-2;/h13,15-18,23H,3-12H2,1-2H3;2*1-2H3;1H4/t13?,15?,16?,17?,18?,19?,20-,21?;;;/m1.../s1. The van der Waals surface area contributed by atoms with E-state index in [1.54, 1.807) is 0 Å². The molecule has 5 rings (SSSR count). The van der Waals surface area contributed by atoms with E-state index in [2.05, 4.69) is 13.8 Å². The van der Waals surface area contributed by atoms with Crippen LogP contribution in [-0.4, -0.2) is 16.5 Å². The Kier molecular flexibility index (Phi) is 7.17. The van der Waals surface area contributed by atoms with Gasteiger partial charge in [0.1, 0.15) is 5.78 Å². The minimum Gasteiger partial charge on any atom is -0.390 e. The Morgan fingerprint density at radius 3 is 2.21 bits per heavy atom. The van der Waals surface area contributed by atoms with Crippen molar-refractivity contribution in [2.75, 3.05) is 0 Å². The van der Waals surface area contributed by atoms with Crippen LogP contribution in [0.2, 0.25) is 0 Å². The smallest absolute Gasteiger partial charge is 0.133 e. The van der Waals surface area contributed by atoms with Crippen LogP contribution in [0.5, 0.6) is 0 Å². The Hall–Kier alpha value is -0.370. The first-order valence-electron chi connectivity index (χ1n) is 12.1. The van der Waals surface area contributed by atoms with Crippen LogP contribution in [0.15, 0.2) is 0 Å². The van der Waals surface area contributed by atoms with Crippen LogP contribution in [0.3, 0.4) is 0 Å². The summed E-state index contributed by atoms with van der Waals surface area (Å²) in [7, 11) is 0. The highest BCUT2D eigenvalue weighted by atomic mass is 16.3. The number of Topliss-reactive ketones (excluding diaryl/α,β-unsaturated/α-hetero) is 1. The van der Waals surface area contributed by atoms with Crippen LogP contribution in [0.4, 0.5) is 0 Å². The van der Waals surface area contributed by atoms with Gasteiger partial charge in [0, 0.05) is 12.8 Å². The Morgan fingerprint density at radius 2 is 1.57 bits per heavy atom. The lowest BCUT2D eigenvalue weighted by atomic mass is 9.39. The molecule has 1 N–H and O–H groups in total. The Bertz CT molecular complexity index is 553. The van der Waals surface area contributed by atoms with Crippen LogP contribution in [-0.2, 0) is 4.79 Å². The fourth-order valence-corrected chi connectivity index (χ4v) is 8.79. The molecule has 0 radical (unpaired) electrons. The van der Waals surface area contributed by atoms with Crippen LogP contribution in [0.25, 0.3) is 0 Å². The molecule has 5 fully saturated rings. The molecular formula is C26H48O2. The van der Waals surface area contributed by atoms with Crippen molar-refractivity contribution in [3.63, 3.8) is 0 Å². The molecule has 5 saturated carbocycles. The zero-order valence-electron chi connectivity index (χ0n) is 18.8. The fourth-order valence-electron chi connectivity index (χ4n) is 8.79. The number of rotatable bonds is 0. The van der Waals surface area contributed by atoms with Gasteiger partial charge in [-0.25, -0.2) is 0 Å². The van der Waals surface area contributed by atoms with E-state index < -0.39 is 0 Å². The summed E-state index contributed by atoms with van der Waals surface area (Å²) in [5.74, 6) is 4.39. The van der Waals surface area contributed by atoms with E-state index in [1.807, 2.05) is 27.7 Å². The molecular weight excluding hydrogens is 344 g/mol. The van der Waals surface area contributed by atoms with Crippen LogP contribution < -0.4 is 0 Å². The second kappa shape index (κ2) is 8.40. The second-order valence-corrected chi connectivity index (χ2v) is 10.3. The van der Waals surface area contributed by atoms with Crippen molar-refractivity contribution in [3.8, 4) is 0 Å². The van der Waals surface area contributed by atoms with E-state index in [0.29, 0.717) is 28.4 Å². The summed E-state index contributed by atoms with van der Waals surface area (Å²) in [5.41, 5.74) is 0.557. The SMILES string of the molecule is C.CC.CC.CC12CCC(=O)CC1CCC1C2CCC23C[C@@](C)(O)C2CCC13. The highest BCUT2D eigenvalue weighted by Crippen LogP contribution is 2.74. The predicted octanol–water partition coefficient (Wildman–Crippen LogP) is 7.04. The van der Waals surface area contributed by atoms with Gasteiger partial charge in [-0.2, -0.15) is 0 Å². The molecule has 164 valence electrons. The molecule has 0 aromatic carbocycles. The molecule has 0 heterocycles. The molecule has 5 aliphatic rings. The summed E-state index contributed by atoms with van der Waals surface area (Å²) >= 11 is 0. The molecule has 0 amide bonds. The van der Waals surface area contributed by atoms with E-state index in [9.17, 15) is 9.90 Å². The monoisotopic (exact) mass is 392 g/mol. The van der Waals surface area contributed by atoms with Gasteiger partial charge in [-0.1, -0.05) is 42.0 Å². The Labute approximate surface area is 175 Å². The van der Waals surface area contributed by atoms with Crippen molar-refractivity contribution >= 4 is 5.78 Å². The molecule has 0 bridgehead atoms. The maximum absolute atomic E-state index is 11.9. The zero-order chi connectivity index (χ0) is 20.0. The molecule has 2 nitrogen and oxygen atoms in total. The van der Waals surface area contributed by atoms with E-state index in [0.717, 1.165) is 43.4 Å². The minimum absolute atomic E-state index is 0. The van der Waals surface area contributed by atoms with Gasteiger partial charge in [0.15, 0.2) is 0 Å². The summed E-state index contributed by atoms with van der Waals surface area (Å²) in [6, 6.07) is 0. The van der Waals surface area contributed by atoms with Crippen molar-refractivity contribution in [1.29, 1.82) is 0 Å². The average Bonchev–Trinajstić information content (AvgIpc) is 3.00. The maximum Gasteiger partial charge on any atom is 0.133 e. The summed E-state index contributed by atoms with van der Waals surface area (Å²) in [6.45, 7) is 12.6. The second-order valence-electron chi connectivity index (χ2n) is 10.3. The van der Waals surface area contributed by atoms with Crippen molar-refractivity contribution in [2.24, 2.45) is 40.4 Å². The molecule has 5 aliphatic carbocycles. The van der Waals surface area contributed by atoms with Gasteiger partial charge in [0.25, 0.3) is 0 Å². The van der Waals surface area contributed by atoms with Crippen LogP contribution in [0, 0.1) is 40.4 Å². The summed E-state index contributed by atoms with van der Waals surface area (Å²) in [6.07, 6.45) is 11.9. The van der Waals surface area contributed by atoms with Gasteiger partial charge in [0.2, 0.25) is 0 Å². The zero-order valence-corrected chi connectivity index (χ0v) is 18.8. The third-order valence-corrected chi connectivity index (χ3v) is 9.64. The number of hydrogen-bond acceptors (Lipinski definition) is 2. The fraction of sp³-hybridized carbons (Fsp3) is 0.962. The molecule has 8 atom stereocenters. The minimum atomic E-state index is -0.375. The quantitative estimate of drug-likeness (QED) is 0.480. The number of carbonyl (C=O) groups excluding carboxylic acids is 1. The lowest BCUT2D eigenvalue weighted by molar-refractivity contribution is -0.223. The summed E-state index contributed by atoms with van der Waals surface area (Å²) < 4.78 is 0. The molecule has 0 aromatic heterocycles. The third kappa shape index (κ3) is 3.21. The predicted molar refractivity (Wildman–Crippen MR) is 119 cm³/mol. The van der Waals surface area contributed by atoms with Crippen molar-refractivity contribution in [3.05, 3.63) is 0 Å². The van der Waals surface area contributed by atoms with Crippen molar-refractivity contribution in [1.82, 2.24) is 0 Å². The van der Waals surface area contributed by atoms with Gasteiger partial charge in [-0.05, 0) is 98.7 Å². The van der Waals surface area contributed by atoms with Crippen molar-refractivity contribution in [2.45, 2.75) is 119 Å². The topological polar surface area (TPSA) is 37.3 Å². The number of ketones is 1. The average molecular weight is 393 g/mol. The molecule has 1 spiro atoms. The van der Waals surface area contributed by atoms with Crippen molar-refractivity contribution < 1.29 is 9.90 Å². The van der Waals surface area contributed by atoms with E-state index in [-0.39, 0.29) is 13.0 Å². The first-order chi connectivity index (χ1) is 12.9. The lowest BCUT2D eigenvalue weighted by Crippen LogP contribution is -2.63. The van der Waals surface area contributed by atoms with Gasteiger partial charge in [0.05, 0.1) is 5.60 Å². The molecule has 0 aromatic rings. The molecule has 28 heavy (non-hydrogen) atoms. The van der Waals surface area contributed by atoms with E-state index in [1.165, 1.54) is 38.5 Å². The van der Waals surface area contributed by atoms with Gasteiger partial charge >= 0.3 is 0 Å². The highest BCUT2D eigenvalue weighted by molar-refractivity contribution is 5.79. The van der Waals surface area contributed by atoms with Crippen LogP contribution in [0.1, 0.15) is 113 Å². The number of carbonyl (C=O) groups is 1. The Morgan fingerprint density at radius 1 is 0.893 bits per heavy atom. The maximum atomic E-state index is 11.9.